The van der Waals surface area contributed by atoms with Crippen molar-refractivity contribution in [3.63, 3.8) is 0 Å². The average Bonchev–Trinajstić information content (AvgIpc) is 1.52. The van der Waals surface area contributed by atoms with Gasteiger partial charge in [-0.15, -0.1) is 0 Å². The zero-order valence-electron chi connectivity index (χ0n) is 65.5. The number of fused-ring (bicyclic) bond motifs is 18. The van der Waals surface area contributed by atoms with Crippen molar-refractivity contribution in [2.24, 2.45) is 0 Å². The van der Waals surface area contributed by atoms with Crippen LogP contribution in [0.2, 0.25) is 0 Å². The fourth-order valence-corrected chi connectivity index (χ4v) is 18.0. The van der Waals surface area contributed by atoms with Crippen molar-refractivity contribution < 1.29 is 8.83 Å². The second-order valence-corrected chi connectivity index (χ2v) is 30.6. The SMILES string of the molecule is c1ccc(-c2ccc(N(c3ccccc3)c3ccc(-c4ccc5c(c4)oc4c6ccc(N(c7ccccc7)c7cccc8ccccc78)cc6c6ccccc6c54)cc3)cc2)cc1.c1ccc(N(c2ccccc2)c2ccc(-c3ccc4c(c3)oc3c5ccc(N(c6ccccc6)c6cccc7ccccc67)cc5c5ccccc5c43)cc2)cc1. The molecule has 0 radical (unpaired) electrons. The van der Waals surface area contributed by atoms with E-state index >= 15 is 0 Å². The number of benzene rings is 21. The van der Waals surface area contributed by atoms with Gasteiger partial charge >= 0.3 is 0 Å². The highest BCUT2D eigenvalue weighted by atomic mass is 16.3. The van der Waals surface area contributed by atoms with E-state index < -0.39 is 0 Å². The number of nitrogens with zero attached hydrogens (tertiary/aromatic N) is 4. The highest BCUT2D eigenvalue weighted by Gasteiger charge is 2.25. The molecule has 0 amide bonds. The Balaban J connectivity index is 0.000000145. The number of anilines is 12. The highest BCUT2D eigenvalue weighted by Crippen LogP contribution is 2.50. The van der Waals surface area contributed by atoms with Crippen LogP contribution in [0.4, 0.5) is 68.2 Å². The molecule has 23 rings (SSSR count). The van der Waals surface area contributed by atoms with Gasteiger partial charge in [-0.3, -0.25) is 0 Å². The molecule has 0 unspecified atom stereocenters. The number of furan rings is 2. The highest BCUT2D eigenvalue weighted by molar-refractivity contribution is 6.32. The third kappa shape index (κ3) is 12.7. The Hall–Kier alpha value is -16.0. The topological polar surface area (TPSA) is 39.2 Å². The maximum Gasteiger partial charge on any atom is 0.143 e. The van der Waals surface area contributed by atoms with Crippen LogP contribution in [-0.4, -0.2) is 0 Å². The van der Waals surface area contributed by atoms with Crippen LogP contribution in [0.3, 0.4) is 0 Å². The summed E-state index contributed by atoms with van der Waals surface area (Å²) in [6.07, 6.45) is 0. The number of rotatable bonds is 15. The molecule has 0 saturated heterocycles. The Morgan fingerprint density at radius 1 is 0.142 bits per heavy atom. The lowest BCUT2D eigenvalue weighted by Crippen LogP contribution is -2.10. The molecule has 0 spiro atoms. The molecule has 0 aliphatic heterocycles. The van der Waals surface area contributed by atoms with Crippen LogP contribution in [0.15, 0.2) is 470 Å². The molecule has 0 N–H and O–H groups in total. The van der Waals surface area contributed by atoms with E-state index in [1.807, 2.05) is 0 Å². The summed E-state index contributed by atoms with van der Waals surface area (Å²) in [6, 6.07) is 165. The molecule has 23 aromatic rings. The quantitative estimate of drug-likeness (QED) is 0.0953. The molecule has 0 aliphatic rings. The summed E-state index contributed by atoms with van der Waals surface area (Å²) in [5.41, 5.74) is 23.8. The van der Waals surface area contributed by atoms with Gasteiger partial charge in [0.25, 0.3) is 0 Å². The van der Waals surface area contributed by atoms with Crippen molar-refractivity contribution in [3.05, 3.63) is 461 Å². The molecule has 2 aromatic heterocycles. The van der Waals surface area contributed by atoms with E-state index in [9.17, 15) is 0 Å². The monoisotopic (exact) mass is 1530 g/mol. The van der Waals surface area contributed by atoms with Crippen molar-refractivity contribution in [3.8, 4) is 33.4 Å². The summed E-state index contributed by atoms with van der Waals surface area (Å²) in [6.45, 7) is 0. The van der Waals surface area contributed by atoms with Gasteiger partial charge in [-0.1, -0.05) is 291 Å². The van der Waals surface area contributed by atoms with Gasteiger partial charge in [0.05, 0.1) is 11.4 Å². The van der Waals surface area contributed by atoms with Crippen molar-refractivity contribution in [1.82, 2.24) is 0 Å². The zero-order valence-corrected chi connectivity index (χ0v) is 65.5. The van der Waals surface area contributed by atoms with Gasteiger partial charge in [0.2, 0.25) is 0 Å². The Morgan fingerprint density at radius 3 is 0.767 bits per heavy atom. The Morgan fingerprint density at radius 2 is 0.400 bits per heavy atom. The minimum atomic E-state index is 0.874. The van der Waals surface area contributed by atoms with Crippen molar-refractivity contribution in [1.29, 1.82) is 0 Å². The van der Waals surface area contributed by atoms with Gasteiger partial charge < -0.3 is 28.4 Å². The summed E-state index contributed by atoms with van der Waals surface area (Å²) < 4.78 is 13.9. The molecular formula is C114H76N4O2. The van der Waals surface area contributed by atoms with Crippen LogP contribution in [0, 0.1) is 0 Å². The van der Waals surface area contributed by atoms with Gasteiger partial charge in [0.15, 0.2) is 0 Å². The number of hydrogen-bond acceptors (Lipinski definition) is 6. The minimum Gasteiger partial charge on any atom is -0.455 e. The fourth-order valence-electron chi connectivity index (χ4n) is 18.0. The summed E-state index contributed by atoms with van der Waals surface area (Å²) in [5, 5.41) is 18.6. The summed E-state index contributed by atoms with van der Waals surface area (Å²) in [4.78, 5) is 9.34. The average molecular weight is 1530 g/mol. The first-order valence-electron chi connectivity index (χ1n) is 40.9. The molecule has 6 nitrogen and oxygen atoms in total. The van der Waals surface area contributed by atoms with Gasteiger partial charge in [-0.25, -0.2) is 0 Å². The largest absolute Gasteiger partial charge is 0.455 e. The predicted molar refractivity (Wildman–Crippen MR) is 508 cm³/mol. The van der Waals surface area contributed by atoms with Crippen molar-refractivity contribution in [2.75, 3.05) is 19.6 Å². The second kappa shape index (κ2) is 30.3. The van der Waals surface area contributed by atoms with E-state index in [1.54, 1.807) is 0 Å². The van der Waals surface area contributed by atoms with Crippen LogP contribution in [0.5, 0.6) is 0 Å². The van der Waals surface area contributed by atoms with E-state index in [0.717, 1.165) is 156 Å². The summed E-state index contributed by atoms with van der Waals surface area (Å²) in [7, 11) is 0. The first-order chi connectivity index (χ1) is 59.5. The Kier molecular flexibility index (Phi) is 17.8. The van der Waals surface area contributed by atoms with Crippen LogP contribution >= 0.6 is 0 Å². The van der Waals surface area contributed by atoms with Gasteiger partial charge in [0.1, 0.15) is 22.3 Å². The molecule has 0 bridgehead atoms. The van der Waals surface area contributed by atoms with Crippen molar-refractivity contribution in [2.45, 2.75) is 0 Å². The van der Waals surface area contributed by atoms with Crippen LogP contribution < -0.4 is 19.6 Å². The van der Waals surface area contributed by atoms with E-state index in [1.165, 1.54) is 54.2 Å². The number of para-hydroxylation sites is 5. The first kappa shape index (κ1) is 70.6. The molecule has 0 saturated carbocycles. The third-order valence-electron chi connectivity index (χ3n) is 23.6. The fraction of sp³-hybridized carbons (Fsp3) is 0. The van der Waals surface area contributed by atoms with Crippen LogP contribution in [0.1, 0.15) is 0 Å². The maximum atomic E-state index is 6.96. The van der Waals surface area contributed by atoms with Crippen LogP contribution in [-0.2, 0) is 0 Å². The molecule has 120 heavy (non-hydrogen) atoms. The lowest BCUT2D eigenvalue weighted by Gasteiger charge is -2.27. The van der Waals surface area contributed by atoms with E-state index in [0.29, 0.717) is 0 Å². The molecule has 0 atom stereocenters. The Bertz CT molecular complexity index is 7700. The van der Waals surface area contributed by atoms with Gasteiger partial charge in [-0.2, -0.15) is 0 Å². The predicted octanol–water partition coefficient (Wildman–Crippen LogP) is 33.0. The summed E-state index contributed by atoms with van der Waals surface area (Å²) in [5.74, 6) is 0. The molecule has 0 fully saturated rings. The molecule has 0 aliphatic carbocycles. The normalized spacial score (nSPS) is 11.5. The minimum absolute atomic E-state index is 0.874. The Labute approximate surface area is 695 Å². The first-order valence-corrected chi connectivity index (χ1v) is 40.9. The molecule has 2 heterocycles. The van der Waals surface area contributed by atoms with Crippen molar-refractivity contribution >= 4 is 177 Å². The molecule has 21 aromatic carbocycles. The maximum absolute atomic E-state index is 6.96. The van der Waals surface area contributed by atoms with Crippen LogP contribution in [0.25, 0.3) is 142 Å². The van der Waals surface area contributed by atoms with Gasteiger partial charge in [-0.05, 0) is 246 Å². The van der Waals surface area contributed by atoms with Gasteiger partial charge in [0, 0.05) is 100.0 Å². The molecule has 564 valence electrons. The number of hydrogen-bond donors (Lipinski definition) is 0. The standard InChI is InChI=1S/C60H40N2O.C54H36N2O/c1-4-15-41(16-5-1)42-27-32-48(33-28-42)61(46-19-6-2-7-20-46)49-34-29-43(30-35-49)45-31-37-55-58(39-45)63-60-54-38-36-50(40-56(54)52-24-12-13-25-53(52)59(55)60)62(47-21-8-3-9-22-47)57-26-14-18-44-17-10-11-23-51(44)57;1-4-17-40(18-5-1)55(41-19-6-2-7-20-41)43-30-27-37(28-31-43)39-29-33-49-52(35-39)57-54-48-34-32-44(36-50(48)46-24-12-13-25-47(46)53(49)54)56(42-21-8-3-9-22-42)51-26-14-16-38-15-10-11-23-45(38)51/h1-40H;1-36H. The lowest BCUT2D eigenvalue weighted by atomic mass is 9.95. The van der Waals surface area contributed by atoms with E-state index in [4.69, 9.17) is 8.83 Å². The van der Waals surface area contributed by atoms with E-state index in [-0.39, 0.29) is 0 Å². The lowest BCUT2D eigenvalue weighted by molar-refractivity contribution is 0.672. The second-order valence-electron chi connectivity index (χ2n) is 30.6. The summed E-state index contributed by atoms with van der Waals surface area (Å²) >= 11 is 0. The van der Waals surface area contributed by atoms with E-state index in [2.05, 4.69) is 481 Å². The smallest absolute Gasteiger partial charge is 0.143 e. The molecule has 6 heteroatoms. The third-order valence-corrected chi connectivity index (χ3v) is 23.6. The zero-order chi connectivity index (χ0) is 79.4. The molecular weight excluding hydrogens is 1460 g/mol.